The Morgan fingerprint density at radius 3 is 0.851 bits per heavy atom. The van der Waals surface area contributed by atoms with Crippen molar-refractivity contribution in [1.29, 1.82) is 0 Å². The van der Waals surface area contributed by atoms with E-state index in [4.69, 9.17) is 14.2 Å². The van der Waals surface area contributed by atoms with Crippen molar-refractivity contribution in [3.8, 4) is 0 Å². The average molecular weight is 1030 g/mol. The minimum atomic E-state index is -0.791. The summed E-state index contributed by atoms with van der Waals surface area (Å²) in [6.07, 6.45) is 80.5. The Kier molecular flexibility index (Phi) is 59.7. The lowest BCUT2D eigenvalue weighted by Crippen LogP contribution is -2.30. The predicted octanol–water partition coefficient (Wildman–Crippen LogP) is 21.7. The van der Waals surface area contributed by atoms with Crippen LogP contribution in [0, 0.1) is 0 Å². The molecule has 0 aliphatic rings. The monoisotopic (exact) mass is 1030 g/mol. The molecule has 6 nitrogen and oxygen atoms in total. The summed E-state index contributed by atoms with van der Waals surface area (Å²) in [4.78, 5) is 38.3. The maximum atomic E-state index is 12.9. The van der Waals surface area contributed by atoms with E-state index in [1.165, 1.54) is 186 Å². The predicted molar refractivity (Wildman–Crippen MR) is 321 cm³/mol. The summed E-state index contributed by atoms with van der Waals surface area (Å²) in [6.45, 7) is 6.54. The average Bonchev–Trinajstić information content (AvgIpc) is 3.40. The quantitative estimate of drug-likeness (QED) is 0.0261. The van der Waals surface area contributed by atoms with Crippen LogP contribution in [-0.2, 0) is 28.6 Å². The second kappa shape index (κ2) is 62.4. The summed E-state index contributed by atoms with van der Waals surface area (Å²) in [7, 11) is 0. The Bertz CT molecular complexity index is 1370. The van der Waals surface area contributed by atoms with Gasteiger partial charge in [0.15, 0.2) is 6.10 Å². The molecule has 0 radical (unpaired) electrons. The molecule has 0 saturated heterocycles. The number of unbranched alkanes of at least 4 members (excludes halogenated alkanes) is 35. The molecule has 0 aromatic carbocycles. The molecule has 0 heterocycles. The highest BCUT2D eigenvalue weighted by molar-refractivity contribution is 5.71. The van der Waals surface area contributed by atoms with Gasteiger partial charge in [0.2, 0.25) is 0 Å². The number of allylic oxidation sites excluding steroid dienone is 12. The molecule has 0 unspecified atom stereocenters. The van der Waals surface area contributed by atoms with E-state index in [2.05, 4.69) is 93.7 Å². The van der Waals surface area contributed by atoms with E-state index in [1.54, 1.807) is 0 Å². The van der Waals surface area contributed by atoms with Crippen LogP contribution in [0.2, 0.25) is 0 Å². The van der Waals surface area contributed by atoms with Crippen molar-refractivity contribution < 1.29 is 28.6 Å². The zero-order valence-corrected chi connectivity index (χ0v) is 49.1. The van der Waals surface area contributed by atoms with E-state index in [0.29, 0.717) is 19.3 Å². The second-order valence-electron chi connectivity index (χ2n) is 21.3. The summed E-state index contributed by atoms with van der Waals surface area (Å²) >= 11 is 0. The first-order valence-corrected chi connectivity index (χ1v) is 31.9. The van der Waals surface area contributed by atoms with Gasteiger partial charge in [-0.15, -0.1) is 0 Å². The molecule has 0 aliphatic heterocycles. The van der Waals surface area contributed by atoms with Gasteiger partial charge >= 0.3 is 17.9 Å². The number of ether oxygens (including phenoxy) is 3. The summed E-state index contributed by atoms with van der Waals surface area (Å²) in [6, 6.07) is 0. The summed E-state index contributed by atoms with van der Waals surface area (Å²) in [5.41, 5.74) is 0. The number of hydrogen-bond acceptors (Lipinski definition) is 6. The summed E-state index contributed by atoms with van der Waals surface area (Å²) < 4.78 is 16.9. The van der Waals surface area contributed by atoms with Crippen molar-refractivity contribution in [3.05, 3.63) is 72.9 Å². The molecule has 428 valence electrons. The molecule has 0 aromatic rings. The molecule has 1 atom stereocenters. The molecular weight excluding hydrogens is 913 g/mol. The fraction of sp³-hybridized carbons (Fsp3) is 0.779. The SMILES string of the molecule is CC/C=C\C/C=C\C/C=C\C/C=C\C/C=C\CCCCCC(=O)OC[C@@H](COC(=O)CCCCCCCCCCCCCCCCCCCC)OC(=O)CCCCCCCCC/C=C\CCCCCCCCCC. The van der Waals surface area contributed by atoms with Crippen LogP contribution in [0.5, 0.6) is 0 Å². The van der Waals surface area contributed by atoms with E-state index >= 15 is 0 Å². The molecule has 0 aliphatic carbocycles. The van der Waals surface area contributed by atoms with Gasteiger partial charge in [-0.25, -0.2) is 0 Å². The standard InChI is InChI=1S/C68H120O6/c1-4-7-10-13-16-19-22-25-28-31-34-37-40-43-46-49-52-55-58-61-67(70)73-64-65(63-72-66(69)60-57-54-51-48-45-42-39-36-33-30-27-24-21-18-15-12-9-6-3)74-68(71)62-59-56-53-50-47-44-41-38-35-32-29-26-23-20-17-14-11-8-5-2/h7,10,16,19,25,28,32,34-35,37,43,46,65H,4-6,8-9,11-15,17-18,20-24,26-27,29-31,33,36,38-42,44-45,47-64H2,1-3H3/b10-7-,19-16-,28-25-,35-32-,37-34-,46-43-/t65-/m1/s1. The number of hydrogen-bond donors (Lipinski definition) is 0. The minimum Gasteiger partial charge on any atom is -0.462 e. The molecular formula is C68H120O6. The van der Waals surface area contributed by atoms with Crippen molar-refractivity contribution in [3.63, 3.8) is 0 Å². The van der Waals surface area contributed by atoms with Crippen LogP contribution in [0.25, 0.3) is 0 Å². The first-order chi connectivity index (χ1) is 36.5. The van der Waals surface area contributed by atoms with Gasteiger partial charge in [0.05, 0.1) is 0 Å². The van der Waals surface area contributed by atoms with Crippen LogP contribution in [0.3, 0.4) is 0 Å². The first kappa shape index (κ1) is 70.8. The minimum absolute atomic E-state index is 0.0848. The van der Waals surface area contributed by atoms with Crippen LogP contribution < -0.4 is 0 Å². The molecule has 74 heavy (non-hydrogen) atoms. The van der Waals surface area contributed by atoms with Gasteiger partial charge in [0, 0.05) is 19.3 Å². The lowest BCUT2D eigenvalue weighted by molar-refractivity contribution is -0.167. The zero-order valence-electron chi connectivity index (χ0n) is 49.1. The fourth-order valence-corrected chi connectivity index (χ4v) is 9.17. The van der Waals surface area contributed by atoms with Gasteiger partial charge in [-0.05, 0) is 89.9 Å². The number of esters is 3. The third kappa shape index (κ3) is 59.7. The first-order valence-electron chi connectivity index (χ1n) is 31.9. The molecule has 0 spiro atoms. The molecule has 6 heteroatoms. The van der Waals surface area contributed by atoms with Gasteiger partial charge in [-0.1, -0.05) is 286 Å². The third-order valence-electron chi connectivity index (χ3n) is 13.9. The molecule has 0 aromatic heterocycles. The van der Waals surface area contributed by atoms with E-state index in [0.717, 1.165) is 96.3 Å². The topological polar surface area (TPSA) is 78.9 Å². The van der Waals surface area contributed by atoms with Crippen LogP contribution in [-0.4, -0.2) is 37.2 Å². The number of carbonyl (C=O) groups is 3. The molecule has 0 fully saturated rings. The van der Waals surface area contributed by atoms with Crippen LogP contribution in [0.1, 0.15) is 323 Å². The second-order valence-corrected chi connectivity index (χ2v) is 21.3. The molecule has 0 N–H and O–H groups in total. The van der Waals surface area contributed by atoms with Crippen molar-refractivity contribution in [1.82, 2.24) is 0 Å². The normalized spacial score (nSPS) is 12.5. The van der Waals surface area contributed by atoms with Gasteiger partial charge in [0.25, 0.3) is 0 Å². The highest BCUT2D eigenvalue weighted by Crippen LogP contribution is 2.17. The van der Waals surface area contributed by atoms with Crippen LogP contribution in [0.4, 0.5) is 0 Å². The number of carbonyl (C=O) groups excluding carboxylic acids is 3. The Balaban J connectivity index is 4.42. The highest BCUT2D eigenvalue weighted by atomic mass is 16.6. The summed E-state index contributed by atoms with van der Waals surface area (Å²) in [5.74, 6) is -0.906. The van der Waals surface area contributed by atoms with Crippen molar-refractivity contribution >= 4 is 17.9 Å². The Labute approximate surface area is 459 Å². The van der Waals surface area contributed by atoms with Crippen LogP contribution >= 0.6 is 0 Å². The Hall–Kier alpha value is -3.15. The molecule has 0 rings (SSSR count). The van der Waals surface area contributed by atoms with Crippen molar-refractivity contribution in [2.75, 3.05) is 13.2 Å². The molecule has 0 amide bonds. The van der Waals surface area contributed by atoms with Crippen molar-refractivity contribution in [2.24, 2.45) is 0 Å². The zero-order chi connectivity index (χ0) is 53.6. The van der Waals surface area contributed by atoms with Crippen LogP contribution in [0.15, 0.2) is 72.9 Å². The van der Waals surface area contributed by atoms with E-state index in [1.807, 2.05) is 0 Å². The van der Waals surface area contributed by atoms with E-state index < -0.39 is 6.10 Å². The fourth-order valence-electron chi connectivity index (χ4n) is 9.17. The highest BCUT2D eigenvalue weighted by Gasteiger charge is 2.19. The maximum absolute atomic E-state index is 12.9. The van der Waals surface area contributed by atoms with Gasteiger partial charge in [-0.2, -0.15) is 0 Å². The number of rotatable bonds is 58. The Morgan fingerprint density at radius 2 is 0.527 bits per heavy atom. The van der Waals surface area contributed by atoms with Crippen molar-refractivity contribution in [2.45, 2.75) is 329 Å². The largest absolute Gasteiger partial charge is 0.462 e. The van der Waals surface area contributed by atoms with Gasteiger partial charge < -0.3 is 14.2 Å². The molecule has 0 bridgehead atoms. The Morgan fingerprint density at radius 1 is 0.284 bits per heavy atom. The smallest absolute Gasteiger partial charge is 0.306 e. The lowest BCUT2D eigenvalue weighted by atomic mass is 10.0. The van der Waals surface area contributed by atoms with E-state index in [-0.39, 0.29) is 31.1 Å². The third-order valence-corrected chi connectivity index (χ3v) is 13.9. The van der Waals surface area contributed by atoms with Gasteiger partial charge in [0.1, 0.15) is 13.2 Å². The van der Waals surface area contributed by atoms with Gasteiger partial charge in [-0.3, -0.25) is 14.4 Å². The van der Waals surface area contributed by atoms with E-state index in [9.17, 15) is 14.4 Å². The summed E-state index contributed by atoms with van der Waals surface area (Å²) in [5, 5.41) is 0. The molecule has 0 saturated carbocycles. The maximum Gasteiger partial charge on any atom is 0.306 e. The lowest BCUT2D eigenvalue weighted by Gasteiger charge is -2.18.